The van der Waals surface area contributed by atoms with E-state index in [4.69, 9.17) is 5.26 Å². The molecular formula is C13H25N3O. The molecule has 0 heterocycles. The molecule has 0 unspecified atom stereocenters. The number of hydrogen-bond donors (Lipinski definition) is 0. The fraction of sp³-hybridized carbons (Fsp3) is 0.846. The first-order valence-corrected chi connectivity index (χ1v) is 6.42. The van der Waals surface area contributed by atoms with E-state index in [9.17, 15) is 4.79 Å². The molecule has 0 saturated heterocycles. The van der Waals surface area contributed by atoms with Gasteiger partial charge in [-0.2, -0.15) is 5.26 Å². The van der Waals surface area contributed by atoms with Crippen LogP contribution in [-0.4, -0.2) is 48.4 Å². The minimum atomic E-state index is 0.161. The van der Waals surface area contributed by atoms with Gasteiger partial charge in [-0.25, -0.2) is 0 Å². The molecule has 0 aromatic heterocycles. The van der Waals surface area contributed by atoms with Crippen molar-refractivity contribution in [2.45, 2.75) is 34.1 Å². The normalized spacial score (nSPS) is 10.6. The van der Waals surface area contributed by atoms with Crippen molar-refractivity contribution >= 4 is 5.91 Å². The number of carbonyl (C=O) groups excluding carboxylic acids is 1. The monoisotopic (exact) mass is 239 g/mol. The highest BCUT2D eigenvalue weighted by Crippen LogP contribution is 2.01. The van der Waals surface area contributed by atoms with E-state index in [-0.39, 0.29) is 5.91 Å². The van der Waals surface area contributed by atoms with Crippen LogP contribution >= 0.6 is 0 Å². The smallest absolute Gasteiger partial charge is 0.236 e. The molecule has 0 bridgehead atoms. The average molecular weight is 239 g/mol. The highest BCUT2D eigenvalue weighted by Gasteiger charge is 2.15. The second-order valence-corrected chi connectivity index (χ2v) is 4.60. The molecule has 0 atom stereocenters. The predicted molar refractivity (Wildman–Crippen MR) is 69.4 cm³/mol. The quantitative estimate of drug-likeness (QED) is 0.648. The van der Waals surface area contributed by atoms with Crippen LogP contribution in [0.2, 0.25) is 0 Å². The maximum atomic E-state index is 12.0. The van der Waals surface area contributed by atoms with Crippen LogP contribution < -0.4 is 0 Å². The lowest BCUT2D eigenvalue weighted by Crippen LogP contribution is -2.41. The molecule has 0 fully saturated rings. The average Bonchev–Trinajstić information content (AvgIpc) is 2.26. The molecule has 4 heteroatoms. The van der Waals surface area contributed by atoms with Gasteiger partial charge in [-0.1, -0.05) is 13.8 Å². The van der Waals surface area contributed by atoms with Crippen molar-refractivity contribution in [1.29, 1.82) is 5.26 Å². The third kappa shape index (κ3) is 6.96. The number of amides is 1. The summed E-state index contributed by atoms with van der Waals surface area (Å²) in [5.41, 5.74) is 0. The fourth-order valence-corrected chi connectivity index (χ4v) is 1.83. The van der Waals surface area contributed by atoms with Gasteiger partial charge in [0, 0.05) is 32.6 Å². The highest BCUT2D eigenvalue weighted by molar-refractivity contribution is 5.78. The first kappa shape index (κ1) is 15.9. The molecule has 0 aromatic rings. The van der Waals surface area contributed by atoms with Crippen molar-refractivity contribution in [3.8, 4) is 6.07 Å². The van der Waals surface area contributed by atoms with Gasteiger partial charge >= 0.3 is 0 Å². The van der Waals surface area contributed by atoms with Gasteiger partial charge in [0.1, 0.15) is 0 Å². The number of rotatable bonds is 8. The van der Waals surface area contributed by atoms with Crippen molar-refractivity contribution < 1.29 is 4.79 Å². The number of nitriles is 1. The van der Waals surface area contributed by atoms with Gasteiger partial charge in [-0.3, -0.25) is 9.69 Å². The first-order chi connectivity index (χ1) is 8.04. The van der Waals surface area contributed by atoms with Crippen molar-refractivity contribution in [2.24, 2.45) is 5.92 Å². The Bertz CT molecular complexity index is 254. The molecule has 0 radical (unpaired) electrons. The molecule has 0 saturated carbocycles. The summed E-state index contributed by atoms with van der Waals surface area (Å²) in [5, 5.41) is 8.61. The van der Waals surface area contributed by atoms with Crippen molar-refractivity contribution in [2.75, 3.05) is 32.7 Å². The van der Waals surface area contributed by atoms with Gasteiger partial charge in [0.2, 0.25) is 5.91 Å². The molecule has 0 aliphatic heterocycles. The lowest BCUT2D eigenvalue weighted by molar-refractivity contribution is -0.132. The summed E-state index contributed by atoms with van der Waals surface area (Å²) in [6.07, 6.45) is 0.484. The van der Waals surface area contributed by atoms with E-state index in [2.05, 4.69) is 24.8 Å². The molecule has 0 aliphatic rings. The van der Waals surface area contributed by atoms with Gasteiger partial charge in [-0.05, 0) is 19.8 Å². The summed E-state index contributed by atoms with van der Waals surface area (Å²) in [7, 11) is 0. The first-order valence-electron chi connectivity index (χ1n) is 6.42. The lowest BCUT2D eigenvalue weighted by Gasteiger charge is -2.26. The van der Waals surface area contributed by atoms with E-state index in [1.54, 1.807) is 0 Å². The van der Waals surface area contributed by atoms with Crippen LogP contribution in [0.3, 0.4) is 0 Å². The summed E-state index contributed by atoms with van der Waals surface area (Å²) in [4.78, 5) is 15.9. The van der Waals surface area contributed by atoms with Crippen LogP contribution in [0, 0.1) is 17.2 Å². The highest BCUT2D eigenvalue weighted by atomic mass is 16.2. The van der Waals surface area contributed by atoms with E-state index < -0.39 is 0 Å². The van der Waals surface area contributed by atoms with Crippen molar-refractivity contribution in [3.05, 3.63) is 0 Å². The Hall–Kier alpha value is -1.08. The molecule has 0 aromatic carbocycles. The third-order valence-corrected chi connectivity index (χ3v) is 2.64. The molecule has 0 N–H and O–H groups in total. The summed E-state index contributed by atoms with van der Waals surface area (Å²) in [6.45, 7) is 11.7. The zero-order valence-electron chi connectivity index (χ0n) is 11.6. The number of likely N-dealkylation sites (N-methyl/N-ethyl adjacent to an activating group) is 1. The number of carbonyl (C=O) groups is 1. The molecule has 17 heavy (non-hydrogen) atoms. The van der Waals surface area contributed by atoms with Gasteiger partial charge in [-0.15, -0.1) is 0 Å². The van der Waals surface area contributed by atoms with E-state index in [1.807, 2.05) is 18.7 Å². The van der Waals surface area contributed by atoms with Crippen LogP contribution in [0.5, 0.6) is 0 Å². The van der Waals surface area contributed by atoms with Crippen molar-refractivity contribution in [1.82, 2.24) is 9.80 Å². The van der Waals surface area contributed by atoms with Crippen LogP contribution in [-0.2, 0) is 4.79 Å². The van der Waals surface area contributed by atoms with E-state index >= 15 is 0 Å². The third-order valence-electron chi connectivity index (χ3n) is 2.64. The zero-order chi connectivity index (χ0) is 13.3. The number of hydrogen-bond acceptors (Lipinski definition) is 3. The Morgan fingerprint density at radius 2 is 1.88 bits per heavy atom. The van der Waals surface area contributed by atoms with E-state index in [0.717, 1.165) is 19.6 Å². The molecular weight excluding hydrogens is 214 g/mol. The van der Waals surface area contributed by atoms with Crippen LogP contribution in [0.1, 0.15) is 34.1 Å². The van der Waals surface area contributed by atoms with Gasteiger partial charge in [0.15, 0.2) is 0 Å². The molecule has 0 rings (SSSR count). The topological polar surface area (TPSA) is 47.3 Å². The summed E-state index contributed by atoms with van der Waals surface area (Å²) >= 11 is 0. The second kappa shape index (κ2) is 9.00. The Kier molecular flexibility index (Phi) is 8.43. The second-order valence-electron chi connectivity index (χ2n) is 4.60. The minimum Gasteiger partial charge on any atom is -0.342 e. The summed E-state index contributed by atoms with van der Waals surface area (Å²) < 4.78 is 0. The zero-order valence-corrected chi connectivity index (χ0v) is 11.6. The Morgan fingerprint density at radius 1 is 1.29 bits per heavy atom. The SMILES string of the molecule is CCN(CC)C(=O)CN(CCC#N)CC(C)C. The van der Waals surface area contributed by atoms with E-state index in [0.29, 0.717) is 25.4 Å². The van der Waals surface area contributed by atoms with E-state index in [1.165, 1.54) is 0 Å². The Balaban J connectivity index is 4.30. The fourth-order valence-electron chi connectivity index (χ4n) is 1.83. The Morgan fingerprint density at radius 3 is 2.29 bits per heavy atom. The standard InChI is InChI=1S/C13H25N3O/c1-5-16(6-2)13(17)11-15(9-7-8-14)10-12(3)4/h12H,5-7,9-11H2,1-4H3. The Labute approximate surface area is 105 Å². The van der Waals surface area contributed by atoms with Gasteiger partial charge < -0.3 is 4.90 Å². The van der Waals surface area contributed by atoms with Gasteiger partial charge in [0.05, 0.1) is 12.6 Å². The molecule has 0 aliphatic carbocycles. The van der Waals surface area contributed by atoms with Crippen LogP contribution in [0.25, 0.3) is 0 Å². The summed E-state index contributed by atoms with van der Waals surface area (Å²) in [5.74, 6) is 0.673. The van der Waals surface area contributed by atoms with Gasteiger partial charge in [0.25, 0.3) is 0 Å². The van der Waals surface area contributed by atoms with Crippen LogP contribution in [0.15, 0.2) is 0 Å². The minimum absolute atomic E-state index is 0.161. The maximum Gasteiger partial charge on any atom is 0.236 e. The van der Waals surface area contributed by atoms with Crippen molar-refractivity contribution in [3.63, 3.8) is 0 Å². The molecule has 0 spiro atoms. The predicted octanol–water partition coefficient (Wildman–Crippen LogP) is 1.73. The summed E-state index contributed by atoms with van der Waals surface area (Å²) in [6, 6.07) is 2.14. The molecule has 4 nitrogen and oxygen atoms in total. The lowest BCUT2D eigenvalue weighted by atomic mass is 10.2. The molecule has 98 valence electrons. The largest absolute Gasteiger partial charge is 0.342 e. The molecule has 1 amide bonds. The maximum absolute atomic E-state index is 12.0. The number of nitrogens with zero attached hydrogens (tertiary/aromatic N) is 3. The van der Waals surface area contributed by atoms with Crippen LogP contribution in [0.4, 0.5) is 0 Å².